The Morgan fingerprint density at radius 1 is 1.04 bits per heavy atom. The molecule has 15 heteroatoms. The molecule has 9 atom stereocenters. The Morgan fingerprint density at radius 3 is 2.44 bits per heavy atom. The predicted octanol–water partition coefficient (Wildman–Crippen LogP) is -0.288. The zero-order valence-electron chi connectivity index (χ0n) is 27.1. The topological polar surface area (TPSA) is 220 Å². The van der Waals surface area contributed by atoms with E-state index in [0.29, 0.717) is 11.1 Å². The van der Waals surface area contributed by atoms with Crippen LogP contribution in [0.4, 0.5) is 0 Å². The van der Waals surface area contributed by atoms with Gasteiger partial charge in [0.25, 0.3) is 0 Å². The zero-order chi connectivity index (χ0) is 35.0. The average Bonchev–Trinajstić information content (AvgIpc) is 3.53. The lowest BCUT2D eigenvalue weighted by molar-refractivity contribution is -0.298. The largest absolute Gasteiger partial charge is 0.460 e. The van der Waals surface area contributed by atoms with Crippen LogP contribution in [0, 0.1) is 0 Å². The van der Waals surface area contributed by atoms with Crippen molar-refractivity contribution < 1.29 is 68.3 Å². The van der Waals surface area contributed by atoms with Crippen molar-refractivity contribution in [3.8, 4) is 0 Å². The number of amides is 1. The van der Waals surface area contributed by atoms with Gasteiger partial charge in [-0.15, -0.1) is 0 Å². The molecule has 266 valence electrons. The number of aliphatic hydroxyl groups is 5. The van der Waals surface area contributed by atoms with E-state index in [0.717, 1.165) is 0 Å². The van der Waals surface area contributed by atoms with Crippen LogP contribution in [0.1, 0.15) is 56.0 Å². The van der Waals surface area contributed by atoms with Crippen molar-refractivity contribution in [2.45, 2.75) is 101 Å². The number of hydrogen-bond donors (Lipinski definition) is 6. The molecule has 1 aromatic carbocycles. The maximum atomic E-state index is 13.1. The number of rotatable bonds is 13. The fourth-order valence-corrected chi connectivity index (χ4v) is 5.37. The Morgan fingerprint density at radius 2 is 1.77 bits per heavy atom. The fraction of sp³-hybridized carbons (Fsp3) is 0.606. The molecule has 48 heavy (non-hydrogen) atoms. The summed E-state index contributed by atoms with van der Waals surface area (Å²) in [5, 5.41) is 51.6. The first-order valence-corrected chi connectivity index (χ1v) is 15.8. The van der Waals surface area contributed by atoms with Gasteiger partial charge in [-0.05, 0) is 51.0 Å². The van der Waals surface area contributed by atoms with Crippen LogP contribution in [0.15, 0.2) is 42.0 Å². The van der Waals surface area contributed by atoms with Gasteiger partial charge < -0.3 is 59.3 Å². The van der Waals surface area contributed by atoms with Crippen LogP contribution >= 0.6 is 0 Å². The van der Waals surface area contributed by atoms with Crippen LogP contribution in [0.2, 0.25) is 0 Å². The van der Waals surface area contributed by atoms with Crippen LogP contribution in [0.5, 0.6) is 0 Å². The van der Waals surface area contributed by atoms with Crippen LogP contribution in [0.25, 0.3) is 6.08 Å². The molecule has 3 aliphatic rings. The molecule has 1 amide bonds. The maximum absolute atomic E-state index is 13.1. The summed E-state index contributed by atoms with van der Waals surface area (Å²) in [6.45, 7) is 4.25. The van der Waals surface area contributed by atoms with Crippen molar-refractivity contribution in [1.29, 1.82) is 0 Å². The number of ether oxygens (including phenoxy) is 6. The number of carbonyl (C=O) groups is 3. The van der Waals surface area contributed by atoms with Gasteiger partial charge in [0.1, 0.15) is 55.1 Å². The Balaban J connectivity index is 1.29. The van der Waals surface area contributed by atoms with E-state index in [9.17, 15) is 39.9 Å². The minimum Gasteiger partial charge on any atom is -0.460 e. The molecule has 0 saturated carbocycles. The lowest BCUT2D eigenvalue weighted by Gasteiger charge is -2.39. The van der Waals surface area contributed by atoms with Gasteiger partial charge in [-0.25, -0.2) is 4.79 Å². The molecule has 2 aliphatic heterocycles. The van der Waals surface area contributed by atoms with E-state index in [1.54, 1.807) is 63.3 Å². The third-order valence-corrected chi connectivity index (χ3v) is 7.88. The van der Waals surface area contributed by atoms with Crippen LogP contribution in [-0.4, -0.2) is 131 Å². The molecule has 0 bridgehead atoms. The van der Waals surface area contributed by atoms with Crippen LogP contribution in [0.3, 0.4) is 0 Å². The second-order valence-corrected chi connectivity index (χ2v) is 12.8. The van der Waals surface area contributed by atoms with Gasteiger partial charge in [-0.2, -0.15) is 0 Å². The van der Waals surface area contributed by atoms with Gasteiger partial charge in [0, 0.05) is 18.4 Å². The highest BCUT2D eigenvalue weighted by atomic mass is 16.7. The van der Waals surface area contributed by atoms with E-state index in [1.807, 2.05) is 0 Å². The van der Waals surface area contributed by atoms with Crippen LogP contribution in [-0.2, 0) is 38.0 Å². The smallest absolute Gasteiger partial charge is 0.338 e. The van der Waals surface area contributed by atoms with Crippen molar-refractivity contribution in [1.82, 2.24) is 5.32 Å². The maximum Gasteiger partial charge on any atom is 0.338 e. The molecular formula is C33H45NO14. The lowest BCUT2D eigenvalue weighted by atomic mass is 9.91. The van der Waals surface area contributed by atoms with Gasteiger partial charge in [-0.3, -0.25) is 9.59 Å². The number of carbonyl (C=O) groups excluding carboxylic acids is 3. The Labute approximate surface area is 278 Å². The van der Waals surface area contributed by atoms with E-state index in [1.165, 1.54) is 0 Å². The first-order chi connectivity index (χ1) is 22.8. The third-order valence-electron chi connectivity index (χ3n) is 7.88. The Kier molecular flexibility index (Phi) is 13.2. The number of fused-ring (bicyclic) bond motifs is 1. The number of hydrogen-bond acceptors (Lipinski definition) is 14. The highest BCUT2D eigenvalue weighted by Gasteiger charge is 2.44. The molecule has 6 N–H and O–H groups in total. The zero-order valence-corrected chi connectivity index (χ0v) is 27.1. The van der Waals surface area contributed by atoms with Crippen molar-refractivity contribution >= 4 is 23.9 Å². The monoisotopic (exact) mass is 679 g/mol. The molecule has 9 unspecified atom stereocenters. The average molecular weight is 680 g/mol. The SMILES string of the molecule is CC(C)(C)OC(=O)CCC(CO)NC(=O)C1=CC2OCOC2C(OC(=O)c2ccc(C=CCOC3OC(CO)C(O)C(O)C3O)cc2)C1. The third kappa shape index (κ3) is 10.1. The first kappa shape index (κ1) is 37.6. The summed E-state index contributed by atoms with van der Waals surface area (Å²) in [7, 11) is 0. The predicted molar refractivity (Wildman–Crippen MR) is 166 cm³/mol. The summed E-state index contributed by atoms with van der Waals surface area (Å²) in [6, 6.07) is 5.77. The van der Waals surface area contributed by atoms with Crippen molar-refractivity contribution in [2.24, 2.45) is 0 Å². The van der Waals surface area contributed by atoms with Crippen LogP contribution < -0.4 is 5.32 Å². The fourth-order valence-electron chi connectivity index (χ4n) is 5.37. The van der Waals surface area contributed by atoms with Gasteiger partial charge in [0.05, 0.1) is 31.4 Å². The van der Waals surface area contributed by atoms with Crippen molar-refractivity contribution in [2.75, 3.05) is 26.6 Å². The van der Waals surface area contributed by atoms with Gasteiger partial charge in [0.2, 0.25) is 5.91 Å². The molecule has 0 aromatic heterocycles. The van der Waals surface area contributed by atoms with E-state index < -0.39 is 85.1 Å². The van der Waals surface area contributed by atoms with Gasteiger partial charge in [0.15, 0.2) is 6.29 Å². The van der Waals surface area contributed by atoms with Gasteiger partial charge >= 0.3 is 11.9 Å². The van der Waals surface area contributed by atoms with Crippen molar-refractivity contribution in [3.63, 3.8) is 0 Å². The van der Waals surface area contributed by atoms with Crippen molar-refractivity contribution in [3.05, 3.63) is 53.1 Å². The number of esters is 2. The Bertz CT molecular complexity index is 1310. The van der Waals surface area contributed by atoms with E-state index in [-0.39, 0.29) is 44.8 Å². The number of benzene rings is 1. The molecule has 1 aliphatic carbocycles. The summed E-state index contributed by atoms with van der Waals surface area (Å²) >= 11 is 0. The minimum absolute atomic E-state index is 0.00815. The summed E-state index contributed by atoms with van der Waals surface area (Å²) in [5.74, 6) is -1.56. The first-order valence-electron chi connectivity index (χ1n) is 15.8. The van der Waals surface area contributed by atoms with E-state index >= 15 is 0 Å². The van der Waals surface area contributed by atoms with E-state index in [4.69, 9.17) is 28.4 Å². The summed E-state index contributed by atoms with van der Waals surface area (Å²) in [6.07, 6.45) is -3.76. The lowest BCUT2D eigenvalue weighted by Crippen LogP contribution is -2.59. The highest BCUT2D eigenvalue weighted by Crippen LogP contribution is 2.31. The summed E-state index contributed by atoms with van der Waals surface area (Å²) in [4.78, 5) is 38.3. The van der Waals surface area contributed by atoms with E-state index in [2.05, 4.69) is 5.32 Å². The highest BCUT2D eigenvalue weighted by molar-refractivity contribution is 5.94. The molecule has 4 rings (SSSR count). The minimum atomic E-state index is -1.54. The molecule has 2 fully saturated rings. The molecule has 15 nitrogen and oxygen atoms in total. The molecule has 2 saturated heterocycles. The molecular weight excluding hydrogens is 634 g/mol. The number of aliphatic hydroxyl groups excluding tert-OH is 5. The summed E-state index contributed by atoms with van der Waals surface area (Å²) < 4.78 is 33.0. The molecule has 2 heterocycles. The quantitative estimate of drug-likeness (QED) is 0.148. The normalized spacial score (nSPS) is 29.5. The molecule has 0 spiro atoms. The number of nitrogens with one attached hydrogen (secondary N) is 1. The second kappa shape index (κ2) is 16.9. The second-order valence-electron chi connectivity index (χ2n) is 12.8. The standard InChI is InChI=1S/C33H45NO14/c1-33(2,3)48-25(37)11-10-21(15-35)34-30(41)20-13-22-29(45-17-44-22)23(14-20)46-31(42)19-8-6-18(7-9-19)5-4-12-43-32-28(40)27(39)26(38)24(16-36)47-32/h4-9,13,21-24,26-29,32,35-36,38-40H,10-12,14-17H2,1-3H3,(H,34,41). The summed E-state index contributed by atoms with van der Waals surface area (Å²) in [5.41, 5.74) is 0.608. The molecule has 0 radical (unpaired) electrons. The molecule has 1 aromatic rings. The van der Waals surface area contributed by atoms with Gasteiger partial charge in [-0.1, -0.05) is 24.3 Å². The Hall–Kier alpha value is -3.25.